The summed E-state index contributed by atoms with van der Waals surface area (Å²) in [6.45, 7) is 3.58. The number of aryl methyl sites for hydroxylation is 1. The van der Waals surface area contributed by atoms with Crippen molar-refractivity contribution in [1.82, 2.24) is 19.7 Å². The van der Waals surface area contributed by atoms with Gasteiger partial charge in [0.25, 0.3) is 5.91 Å². The summed E-state index contributed by atoms with van der Waals surface area (Å²) in [5, 5.41) is 0. The second-order valence-electron chi connectivity index (χ2n) is 7.95. The van der Waals surface area contributed by atoms with Crippen LogP contribution < -0.4 is 4.74 Å². The van der Waals surface area contributed by atoms with Gasteiger partial charge < -0.3 is 23.9 Å². The van der Waals surface area contributed by atoms with Gasteiger partial charge in [0, 0.05) is 45.6 Å². The zero-order valence-corrected chi connectivity index (χ0v) is 17.2. The largest absolute Gasteiger partial charge is 0.497 e. The molecule has 8 nitrogen and oxygen atoms in total. The Bertz CT molecular complexity index is 908. The number of hydrogen-bond acceptors (Lipinski definition) is 5. The zero-order chi connectivity index (χ0) is 20.7. The van der Waals surface area contributed by atoms with E-state index in [0.29, 0.717) is 31.1 Å². The molecule has 2 fully saturated rings. The van der Waals surface area contributed by atoms with E-state index >= 15 is 0 Å². The molecule has 3 heterocycles. The number of fused-ring (bicyclic) bond motifs is 1. The van der Waals surface area contributed by atoms with Crippen LogP contribution in [0.4, 0.5) is 4.79 Å². The first kappa shape index (κ1) is 19.3. The molecule has 0 aliphatic carbocycles. The van der Waals surface area contributed by atoms with Gasteiger partial charge in [0.15, 0.2) is 6.39 Å². The Morgan fingerprint density at radius 2 is 1.90 bits per heavy atom. The summed E-state index contributed by atoms with van der Waals surface area (Å²) < 4.78 is 10.6. The van der Waals surface area contributed by atoms with Crippen LogP contribution in [0, 0.1) is 18.8 Å². The zero-order valence-electron chi connectivity index (χ0n) is 17.2. The lowest BCUT2D eigenvalue weighted by atomic mass is 9.89. The minimum Gasteiger partial charge on any atom is -0.497 e. The van der Waals surface area contributed by atoms with E-state index in [1.165, 1.54) is 6.39 Å². The van der Waals surface area contributed by atoms with Gasteiger partial charge in [0.1, 0.15) is 5.75 Å². The molecule has 0 saturated carbocycles. The molecule has 2 aliphatic heterocycles. The third-order valence-electron chi connectivity index (χ3n) is 5.98. The van der Waals surface area contributed by atoms with E-state index in [4.69, 9.17) is 9.15 Å². The smallest absolute Gasteiger partial charge is 0.320 e. The molecular formula is C21H26N4O4. The van der Waals surface area contributed by atoms with Crippen molar-refractivity contribution in [3.8, 4) is 5.75 Å². The van der Waals surface area contributed by atoms with Crippen molar-refractivity contribution < 1.29 is 18.7 Å². The molecule has 8 heteroatoms. The minimum atomic E-state index is -0.131. The van der Waals surface area contributed by atoms with Gasteiger partial charge >= 0.3 is 6.03 Å². The molecule has 154 valence electrons. The van der Waals surface area contributed by atoms with Crippen LogP contribution in [0.5, 0.6) is 5.75 Å². The predicted molar refractivity (Wildman–Crippen MR) is 106 cm³/mol. The van der Waals surface area contributed by atoms with Crippen LogP contribution in [-0.2, 0) is 0 Å². The molecule has 0 radical (unpaired) electrons. The number of carbonyl (C=O) groups is 2. The van der Waals surface area contributed by atoms with Gasteiger partial charge in [-0.25, -0.2) is 9.78 Å². The summed E-state index contributed by atoms with van der Waals surface area (Å²) in [5.74, 6) is 1.33. The predicted octanol–water partition coefficient (Wildman–Crippen LogP) is 2.42. The molecule has 0 spiro atoms. The Balaban J connectivity index is 1.61. The van der Waals surface area contributed by atoms with E-state index in [2.05, 4.69) is 4.98 Å². The Hall–Kier alpha value is -3.03. The standard InChI is InChI=1S/C21H26N4O4/c1-13-19(29-12-22-13)20(26)24-9-15-10-25(21(27)23(2)3)18(17(15)11-24)14-5-7-16(28-4)8-6-14/h5-8,12,15,17-18H,9-11H2,1-4H3/t15-,17-,18+/m1/s1. The number of oxazole rings is 1. The third kappa shape index (κ3) is 3.32. The summed E-state index contributed by atoms with van der Waals surface area (Å²) in [5.41, 5.74) is 1.65. The Labute approximate surface area is 170 Å². The number of benzene rings is 1. The number of nitrogens with zero attached hydrogens (tertiary/aromatic N) is 4. The lowest BCUT2D eigenvalue weighted by Crippen LogP contribution is -2.42. The van der Waals surface area contributed by atoms with E-state index in [0.717, 1.165) is 11.3 Å². The van der Waals surface area contributed by atoms with Crippen LogP contribution >= 0.6 is 0 Å². The topological polar surface area (TPSA) is 79.1 Å². The maximum Gasteiger partial charge on any atom is 0.320 e. The van der Waals surface area contributed by atoms with Crippen molar-refractivity contribution in [2.24, 2.45) is 11.8 Å². The number of carbonyl (C=O) groups excluding carboxylic acids is 2. The molecule has 0 N–H and O–H groups in total. The molecule has 2 aliphatic rings. The fourth-order valence-electron chi connectivity index (χ4n) is 4.54. The molecule has 1 aromatic heterocycles. The second-order valence-corrected chi connectivity index (χ2v) is 7.95. The summed E-state index contributed by atoms with van der Waals surface area (Å²) in [6, 6.07) is 7.74. The summed E-state index contributed by atoms with van der Waals surface area (Å²) in [7, 11) is 5.17. The highest BCUT2D eigenvalue weighted by Gasteiger charge is 2.50. The lowest BCUT2D eigenvalue weighted by Gasteiger charge is -2.31. The minimum absolute atomic E-state index is 0.0100. The fraction of sp³-hybridized carbons (Fsp3) is 0.476. The monoisotopic (exact) mass is 398 g/mol. The Morgan fingerprint density at radius 3 is 2.48 bits per heavy atom. The van der Waals surface area contributed by atoms with Gasteiger partial charge in [-0.05, 0) is 24.6 Å². The summed E-state index contributed by atoms with van der Waals surface area (Å²) in [6.07, 6.45) is 1.30. The highest BCUT2D eigenvalue weighted by atomic mass is 16.5. The molecule has 4 rings (SSSR count). The first-order chi connectivity index (χ1) is 13.9. The Kier molecular flexibility index (Phi) is 4.94. The number of urea groups is 1. The number of aromatic nitrogens is 1. The molecule has 3 atom stereocenters. The van der Waals surface area contributed by atoms with Crippen LogP contribution in [0.2, 0.25) is 0 Å². The SMILES string of the molecule is COc1ccc([C@H]2[C@@H]3CN(C(=O)c4ocnc4C)C[C@@H]3CN2C(=O)N(C)C)cc1. The van der Waals surface area contributed by atoms with E-state index in [9.17, 15) is 9.59 Å². The van der Waals surface area contributed by atoms with Gasteiger partial charge in [0.2, 0.25) is 5.76 Å². The van der Waals surface area contributed by atoms with Gasteiger partial charge in [-0.1, -0.05) is 12.1 Å². The maximum absolute atomic E-state index is 12.9. The first-order valence-electron chi connectivity index (χ1n) is 9.72. The van der Waals surface area contributed by atoms with Crippen molar-refractivity contribution in [3.63, 3.8) is 0 Å². The second kappa shape index (κ2) is 7.42. The molecular weight excluding hydrogens is 372 g/mol. The quantitative estimate of drug-likeness (QED) is 0.793. The van der Waals surface area contributed by atoms with Crippen LogP contribution in [0.1, 0.15) is 27.9 Å². The maximum atomic E-state index is 12.9. The molecule has 2 aromatic rings. The van der Waals surface area contributed by atoms with Gasteiger partial charge in [-0.3, -0.25) is 4.79 Å². The fourth-order valence-corrected chi connectivity index (χ4v) is 4.54. The first-order valence-corrected chi connectivity index (χ1v) is 9.72. The van der Waals surface area contributed by atoms with Crippen molar-refractivity contribution in [1.29, 1.82) is 0 Å². The summed E-state index contributed by atoms with van der Waals surface area (Å²) >= 11 is 0. The van der Waals surface area contributed by atoms with Gasteiger partial charge in [-0.15, -0.1) is 0 Å². The number of hydrogen-bond donors (Lipinski definition) is 0. The van der Waals surface area contributed by atoms with Crippen LogP contribution in [-0.4, -0.2) is 72.5 Å². The van der Waals surface area contributed by atoms with Crippen molar-refractivity contribution in [2.75, 3.05) is 40.8 Å². The molecule has 0 unspecified atom stereocenters. The lowest BCUT2D eigenvalue weighted by molar-refractivity contribution is 0.0734. The van der Waals surface area contributed by atoms with Crippen molar-refractivity contribution in [3.05, 3.63) is 47.7 Å². The molecule has 1 aromatic carbocycles. The van der Waals surface area contributed by atoms with E-state index in [1.54, 1.807) is 33.0 Å². The number of rotatable bonds is 3. The highest BCUT2D eigenvalue weighted by Crippen LogP contribution is 2.45. The van der Waals surface area contributed by atoms with E-state index in [1.807, 2.05) is 34.1 Å². The molecule has 29 heavy (non-hydrogen) atoms. The highest BCUT2D eigenvalue weighted by molar-refractivity contribution is 5.92. The number of ether oxygens (including phenoxy) is 1. The number of likely N-dealkylation sites (tertiary alicyclic amines) is 2. The number of methoxy groups -OCH3 is 1. The summed E-state index contributed by atoms with van der Waals surface area (Å²) in [4.78, 5) is 35.1. The molecule has 3 amide bonds. The van der Waals surface area contributed by atoms with E-state index in [-0.39, 0.29) is 29.8 Å². The van der Waals surface area contributed by atoms with Crippen molar-refractivity contribution >= 4 is 11.9 Å². The molecule has 0 bridgehead atoms. The van der Waals surface area contributed by atoms with Gasteiger partial charge in [-0.2, -0.15) is 0 Å². The van der Waals surface area contributed by atoms with Crippen LogP contribution in [0.25, 0.3) is 0 Å². The van der Waals surface area contributed by atoms with Crippen molar-refractivity contribution in [2.45, 2.75) is 13.0 Å². The van der Waals surface area contributed by atoms with Gasteiger partial charge in [0.05, 0.1) is 18.8 Å². The Morgan fingerprint density at radius 1 is 1.17 bits per heavy atom. The average molecular weight is 398 g/mol. The average Bonchev–Trinajstić information content (AvgIpc) is 3.40. The molecule has 2 saturated heterocycles. The van der Waals surface area contributed by atoms with Crippen LogP contribution in [0.3, 0.4) is 0 Å². The van der Waals surface area contributed by atoms with Crippen LogP contribution in [0.15, 0.2) is 35.1 Å². The number of amides is 3. The van der Waals surface area contributed by atoms with E-state index < -0.39 is 0 Å². The third-order valence-corrected chi connectivity index (χ3v) is 5.98. The normalized spacial score (nSPS) is 23.2.